The van der Waals surface area contributed by atoms with E-state index in [9.17, 15) is 14.4 Å². The van der Waals surface area contributed by atoms with Crippen LogP contribution >= 0.6 is 11.3 Å². The van der Waals surface area contributed by atoms with Crippen molar-refractivity contribution < 1.29 is 14.4 Å². The van der Waals surface area contributed by atoms with Gasteiger partial charge in [0.2, 0.25) is 5.91 Å². The molecule has 2 heterocycles. The minimum atomic E-state index is -0.609. The van der Waals surface area contributed by atoms with Crippen molar-refractivity contribution in [2.24, 2.45) is 0 Å². The number of carbonyl (C=O) groups is 3. The lowest BCUT2D eigenvalue weighted by Gasteiger charge is -2.16. The fraction of sp³-hybridized carbons (Fsp3) is 0.143. The summed E-state index contributed by atoms with van der Waals surface area (Å²) in [5, 5.41) is 5.13. The molecule has 2 amide bonds. The fourth-order valence-electron chi connectivity index (χ4n) is 4.38. The summed E-state index contributed by atoms with van der Waals surface area (Å²) in [6.07, 6.45) is 0. The molecule has 0 radical (unpaired) electrons. The van der Waals surface area contributed by atoms with Gasteiger partial charge in [-0.25, -0.2) is 4.98 Å². The van der Waals surface area contributed by atoms with Crippen molar-refractivity contribution in [3.63, 3.8) is 0 Å². The van der Waals surface area contributed by atoms with E-state index in [-0.39, 0.29) is 11.7 Å². The molecule has 1 aliphatic rings. The van der Waals surface area contributed by atoms with E-state index in [2.05, 4.69) is 10.3 Å². The second-order valence-corrected chi connectivity index (χ2v) is 9.81. The van der Waals surface area contributed by atoms with Gasteiger partial charge in [-0.15, -0.1) is 11.3 Å². The van der Waals surface area contributed by atoms with E-state index in [1.165, 1.54) is 11.3 Å². The van der Waals surface area contributed by atoms with Crippen LogP contribution in [0.4, 0.5) is 10.8 Å². The molecule has 0 fully saturated rings. The van der Waals surface area contributed by atoms with Gasteiger partial charge in [0.05, 0.1) is 16.7 Å². The Balaban J connectivity index is 1.40. The molecular weight excluding hydrogens is 458 g/mol. The van der Waals surface area contributed by atoms with Gasteiger partial charge in [-0.1, -0.05) is 54.6 Å². The van der Waals surface area contributed by atoms with Crippen LogP contribution in [0.1, 0.15) is 45.7 Å². The molecule has 0 atom stereocenters. The number of ketones is 1. The molecular formula is C28H23N3O3S. The molecule has 0 saturated heterocycles. The van der Waals surface area contributed by atoms with Gasteiger partial charge in [0.1, 0.15) is 0 Å². The van der Waals surface area contributed by atoms with Gasteiger partial charge >= 0.3 is 0 Å². The second kappa shape index (κ2) is 8.60. The Kier molecular flexibility index (Phi) is 5.57. The monoisotopic (exact) mass is 481 g/mol. The topological polar surface area (TPSA) is 79.4 Å². The Morgan fingerprint density at radius 3 is 2.37 bits per heavy atom. The Morgan fingerprint density at radius 2 is 1.63 bits per heavy atom. The van der Waals surface area contributed by atoms with Gasteiger partial charge in [0, 0.05) is 34.8 Å². The predicted molar refractivity (Wildman–Crippen MR) is 138 cm³/mol. The Bertz CT molecular complexity index is 1470. The lowest BCUT2D eigenvalue weighted by molar-refractivity contribution is -0.121. The highest BCUT2D eigenvalue weighted by molar-refractivity contribution is 7.14. The zero-order chi connectivity index (χ0) is 24.7. The van der Waals surface area contributed by atoms with Crippen LogP contribution in [0.2, 0.25) is 0 Å². The first-order valence-corrected chi connectivity index (χ1v) is 12.0. The van der Waals surface area contributed by atoms with E-state index >= 15 is 0 Å². The van der Waals surface area contributed by atoms with Crippen LogP contribution < -0.4 is 10.2 Å². The van der Waals surface area contributed by atoms with Crippen LogP contribution in [-0.4, -0.2) is 29.6 Å². The molecule has 7 heteroatoms. The minimum Gasteiger partial charge on any atom is -0.314 e. The van der Waals surface area contributed by atoms with Gasteiger partial charge < -0.3 is 4.90 Å². The number of amides is 2. The largest absolute Gasteiger partial charge is 0.314 e. The highest BCUT2D eigenvalue weighted by Crippen LogP contribution is 2.42. The maximum Gasteiger partial charge on any atom is 0.258 e. The average molecular weight is 482 g/mol. The summed E-state index contributed by atoms with van der Waals surface area (Å²) in [7, 11) is 1.78. The number of rotatable bonds is 5. The quantitative estimate of drug-likeness (QED) is 0.379. The van der Waals surface area contributed by atoms with Gasteiger partial charge in [-0.2, -0.15) is 0 Å². The molecule has 3 aromatic carbocycles. The van der Waals surface area contributed by atoms with Crippen molar-refractivity contribution in [1.29, 1.82) is 0 Å². The van der Waals surface area contributed by atoms with E-state index in [4.69, 9.17) is 0 Å². The van der Waals surface area contributed by atoms with Crippen molar-refractivity contribution in [3.05, 3.63) is 100 Å². The molecule has 35 heavy (non-hydrogen) atoms. The van der Waals surface area contributed by atoms with Crippen LogP contribution in [0.5, 0.6) is 0 Å². The van der Waals surface area contributed by atoms with Gasteiger partial charge in [-0.3, -0.25) is 19.7 Å². The van der Waals surface area contributed by atoms with Crippen molar-refractivity contribution in [2.75, 3.05) is 17.3 Å². The number of nitrogens with zero attached hydrogens (tertiary/aromatic N) is 2. The minimum absolute atomic E-state index is 0.0552. The summed E-state index contributed by atoms with van der Waals surface area (Å²) in [6, 6.07) is 21.5. The molecule has 5 rings (SSSR count). The highest BCUT2D eigenvalue weighted by atomic mass is 32.1. The molecule has 0 spiro atoms. The van der Waals surface area contributed by atoms with E-state index in [1.807, 2.05) is 43.5 Å². The van der Waals surface area contributed by atoms with E-state index in [1.54, 1.807) is 60.5 Å². The maximum absolute atomic E-state index is 13.1. The number of likely N-dealkylation sites (N-methyl/N-ethyl adjacent to an activating group) is 1. The zero-order valence-corrected chi connectivity index (χ0v) is 20.3. The number of hydrogen-bond donors (Lipinski definition) is 1. The maximum atomic E-state index is 13.1. The lowest BCUT2D eigenvalue weighted by Crippen LogP contribution is -2.33. The van der Waals surface area contributed by atoms with Crippen molar-refractivity contribution in [1.82, 2.24) is 4.98 Å². The molecule has 174 valence electrons. The first kappa shape index (κ1) is 22.7. The van der Waals surface area contributed by atoms with E-state index in [0.717, 1.165) is 16.8 Å². The molecule has 1 N–H and O–H groups in total. The third kappa shape index (κ3) is 3.94. The number of benzene rings is 3. The average Bonchev–Trinajstić information content (AvgIpc) is 3.41. The number of anilines is 2. The molecule has 1 aromatic heterocycles. The van der Waals surface area contributed by atoms with Crippen molar-refractivity contribution in [2.45, 2.75) is 19.3 Å². The van der Waals surface area contributed by atoms with E-state index in [0.29, 0.717) is 27.5 Å². The number of nitrogens with one attached hydrogen (secondary N) is 1. The first-order chi connectivity index (χ1) is 16.8. The Hall–Kier alpha value is -4.10. The van der Waals surface area contributed by atoms with Gasteiger partial charge in [0.15, 0.2) is 10.9 Å². The normalized spacial score (nSPS) is 14.0. The molecule has 0 aliphatic carbocycles. The van der Waals surface area contributed by atoms with E-state index < -0.39 is 11.3 Å². The third-order valence-electron chi connectivity index (χ3n) is 6.34. The number of carbonyl (C=O) groups excluding carboxylic acids is 3. The number of hydrogen-bond acceptors (Lipinski definition) is 5. The molecule has 4 aromatic rings. The van der Waals surface area contributed by atoms with Crippen LogP contribution in [0.25, 0.3) is 11.3 Å². The van der Waals surface area contributed by atoms with Crippen LogP contribution in [0, 0.1) is 0 Å². The molecule has 0 bridgehead atoms. The molecule has 0 unspecified atom stereocenters. The predicted octanol–water partition coefficient (Wildman–Crippen LogP) is 5.55. The standard InChI is InChI=1S/C28H23N3O3S/c1-28(2)21-15-18(13-14-23(21)31(3)26(28)34)22-16-35-27(29-22)30-25(33)20-12-8-7-11-19(20)24(32)17-9-5-4-6-10-17/h4-16H,1-3H3,(H,29,30,33). The SMILES string of the molecule is CN1C(=O)C(C)(C)c2cc(-c3csc(NC(=O)c4ccccc4C(=O)c4ccccc4)n3)ccc21. The smallest absolute Gasteiger partial charge is 0.258 e. The van der Waals surface area contributed by atoms with Gasteiger partial charge in [-0.05, 0) is 37.6 Å². The molecule has 1 aliphatic heterocycles. The summed E-state index contributed by atoms with van der Waals surface area (Å²) in [5.41, 5.74) is 3.97. The Morgan fingerprint density at radius 1 is 0.943 bits per heavy atom. The molecule has 0 saturated carbocycles. The third-order valence-corrected chi connectivity index (χ3v) is 7.10. The Labute approximate surface area is 207 Å². The number of aromatic nitrogens is 1. The first-order valence-electron chi connectivity index (χ1n) is 11.2. The van der Waals surface area contributed by atoms with Crippen molar-refractivity contribution in [3.8, 4) is 11.3 Å². The number of fused-ring (bicyclic) bond motifs is 1. The van der Waals surface area contributed by atoms with Crippen LogP contribution in [-0.2, 0) is 10.2 Å². The van der Waals surface area contributed by atoms with Crippen molar-refractivity contribution >= 4 is 39.8 Å². The second-order valence-electron chi connectivity index (χ2n) is 8.95. The van der Waals surface area contributed by atoms with Crippen LogP contribution in [0.15, 0.2) is 78.2 Å². The summed E-state index contributed by atoms with van der Waals surface area (Å²) in [6.45, 7) is 3.84. The highest BCUT2D eigenvalue weighted by Gasteiger charge is 2.42. The lowest BCUT2D eigenvalue weighted by atomic mass is 9.85. The number of thiazole rings is 1. The zero-order valence-electron chi connectivity index (χ0n) is 19.5. The summed E-state index contributed by atoms with van der Waals surface area (Å²) in [5.74, 6) is -0.552. The summed E-state index contributed by atoms with van der Waals surface area (Å²) in [4.78, 5) is 44.9. The van der Waals surface area contributed by atoms with Gasteiger partial charge in [0.25, 0.3) is 5.91 Å². The summed E-state index contributed by atoms with van der Waals surface area (Å²) >= 11 is 1.31. The fourth-order valence-corrected chi connectivity index (χ4v) is 5.10. The molecule has 6 nitrogen and oxygen atoms in total. The van der Waals surface area contributed by atoms with Crippen LogP contribution in [0.3, 0.4) is 0 Å². The summed E-state index contributed by atoms with van der Waals surface area (Å²) < 4.78 is 0.